The fourth-order valence-corrected chi connectivity index (χ4v) is 9.61. The number of nitrogens with zero attached hydrogens (tertiary/aromatic N) is 3. The van der Waals surface area contributed by atoms with Crippen molar-refractivity contribution in [2.75, 3.05) is 0 Å². The number of furan rings is 1. The van der Waals surface area contributed by atoms with Crippen molar-refractivity contribution in [3.63, 3.8) is 0 Å². The SMILES string of the molecule is Cc1c(-c2ccccc2)cc(-c2[c-]c(C(C)(c3[c-]ccc(-c4ccc(-c5ccccc5)cc4)c3)c3ccccn3)cc3c2oc2ccccc23)nc1C(C)(c1[c-]cccc1)c1ccccn1.[Ir+3]. The first kappa shape index (κ1) is 43.3. The van der Waals surface area contributed by atoms with E-state index in [9.17, 15) is 0 Å². The monoisotopic (exact) mass is 1040 g/mol. The Morgan fingerprint density at radius 3 is 1.75 bits per heavy atom. The third-order valence-corrected chi connectivity index (χ3v) is 13.3. The van der Waals surface area contributed by atoms with Crippen molar-refractivity contribution >= 4 is 21.9 Å². The second-order valence-corrected chi connectivity index (χ2v) is 17.2. The van der Waals surface area contributed by atoms with E-state index in [1.807, 2.05) is 67.0 Å². The van der Waals surface area contributed by atoms with Crippen molar-refractivity contribution in [3.8, 4) is 44.6 Å². The van der Waals surface area contributed by atoms with Gasteiger partial charge in [-0.2, -0.15) is 54.6 Å². The minimum Gasteiger partial charge on any atom is -0.501 e. The van der Waals surface area contributed by atoms with Gasteiger partial charge in [-0.3, -0.25) is 15.0 Å². The van der Waals surface area contributed by atoms with Gasteiger partial charge in [-0.1, -0.05) is 132 Å². The average molecular weight is 1040 g/mol. The van der Waals surface area contributed by atoms with Crippen LogP contribution in [0.3, 0.4) is 0 Å². The Labute approximate surface area is 405 Å². The molecule has 0 N–H and O–H groups in total. The summed E-state index contributed by atoms with van der Waals surface area (Å²) in [6, 6.07) is 80.5. The molecule has 0 aliphatic carbocycles. The summed E-state index contributed by atoms with van der Waals surface area (Å²) in [4.78, 5) is 15.8. The topological polar surface area (TPSA) is 51.8 Å². The van der Waals surface area contributed by atoms with E-state index in [1.54, 1.807) is 0 Å². The molecule has 4 nitrogen and oxygen atoms in total. The van der Waals surface area contributed by atoms with Crippen LogP contribution >= 0.6 is 0 Å². The Balaban J connectivity index is 0.00000525. The molecule has 0 spiro atoms. The van der Waals surface area contributed by atoms with E-state index in [2.05, 4.69) is 185 Å². The predicted molar refractivity (Wildman–Crippen MR) is 267 cm³/mol. The molecule has 11 aromatic rings. The smallest absolute Gasteiger partial charge is 0.501 e. The Morgan fingerprint density at radius 1 is 0.478 bits per heavy atom. The first-order valence-electron chi connectivity index (χ1n) is 22.3. The number of benzene rings is 7. The van der Waals surface area contributed by atoms with Crippen molar-refractivity contribution in [3.05, 3.63) is 270 Å². The molecule has 11 rings (SSSR count). The van der Waals surface area contributed by atoms with Crippen LogP contribution in [0.4, 0.5) is 0 Å². The van der Waals surface area contributed by atoms with Gasteiger partial charge in [-0.05, 0) is 90.2 Å². The molecule has 0 saturated carbocycles. The van der Waals surface area contributed by atoms with Gasteiger partial charge >= 0.3 is 20.1 Å². The molecule has 0 radical (unpaired) electrons. The molecule has 0 fully saturated rings. The number of pyridine rings is 3. The summed E-state index contributed by atoms with van der Waals surface area (Å²) >= 11 is 0. The second kappa shape index (κ2) is 18.0. The molecule has 4 heterocycles. The quantitative estimate of drug-likeness (QED) is 0.128. The fraction of sp³-hybridized carbons (Fsp3) is 0.0806. The van der Waals surface area contributed by atoms with Crippen LogP contribution in [0.15, 0.2) is 217 Å². The number of aromatic nitrogens is 3. The third-order valence-electron chi connectivity index (χ3n) is 13.3. The van der Waals surface area contributed by atoms with Gasteiger partial charge in [0, 0.05) is 28.9 Å². The summed E-state index contributed by atoms with van der Waals surface area (Å²) in [5.41, 5.74) is 14.6. The number of fused-ring (bicyclic) bond motifs is 3. The molecule has 0 saturated heterocycles. The fourth-order valence-electron chi connectivity index (χ4n) is 9.61. The molecular formula is C62H44IrN3O. The standard InChI is InChI=1S/C62H44N3O.Ir/c1-42-52(46-22-9-5-10-23-46)41-55(65-60(42)62(3,48-25-11-6-12-26-48)58-31-16-18-37-64-58)54-40-50(39-53-51-28-13-14-29-56(51)66-59(53)54)61(2,57-30-15-17-36-63-57)49-27-19-24-47(38-49)45-34-32-44(33-35-45)43-20-7-4-8-21-43;/h4-25,28-39,41H,1-3H3;/q-3;+3. The zero-order valence-electron chi connectivity index (χ0n) is 37.3. The van der Waals surface area contributed by atoms with Crippen LogP contribution in [0.1, 0.15) is 53.2 Å². The average Bonchev–Trinajstić information content (AvgIpc) is 3.78. The van der Waals surface area contributed by atoms with Gasteiger partial charge in [-0.25, -0.2) is 0 Å². The maximum absolute atomic E-state index is 6.89. The summed E-state index contributed by atoms with van der Waals surface area (Å²) in [5.74, 6) is 0. The molecule has 0 aliphatic rings. The zero-order chi connectivity index (χ0) is 44.7. The molecule has 67 heavy (non-hydrogen) atoms. The van der Waals surface area contributed by atoms with E-state index in [1.165, 1.54) is 11.1 Å². The van der Waals surface area contributed by atoms with Crippen LogP contribution < -0.4 is 0 Å². The second-order valence-electron chi connectivity index (χ2n) is 17.2. The minimum atomic E-state index is -0.820. The zero-order valence-corrected chi connectivity index (χ0v) is 39.7. The summed E-state index contributed by atoms with van der Waals surface area (Å²) in [7, 11) is 0. The van der Waals surface area contributed by atoms with E-state index < -0.39 is 10.8 Å². The molecule has 0 aliphatic heterocycles. The number of hydrogen-bond acceptors (Lipinski definition) is 4. The molecule has 2 atom stereocenters. The summed E-state index contributed by atoms with van der Waals surface area (Å²) < 4.78 is 6.89. The number of para-hydroxylation sites is 1. The van der Waals surface area contributed by atoms with Crippen LogP contribution in [0.25, 0.3) is 66.6 Å². The molecule has 2 unspecified atom stereocenters. The third kappa shape index (κ3) is 7.70. The van der Waals surface area contributed by atoms with E-state index in [0.29, 0.717) is 5.58 Å². The Hall–Kier alpha value is -7.56. The minimum absolute atomic E-state index is 0. The van der Waals surface area contributed by atoms with Gasteiger partial charge in [0.1, 0.15) is 5.58 Å². The summed E-state index contributed by atoms with van der Waals surface area (Å²) in [6.45, 7) is 6.62. The van der Waals surface area contributed by atoms with Crippen molar-refractivity contribution in [1.29, 1.82) is 0 Å². The molecule has 0 bridgehead atoms. The molecule has 7 aromatic carbocycles. The van der Waals surface area contributed by atoms with Crippen molar-refractivity contribution in [2.45, 2.75) is 31.6 Å². The van der Waals surface area contributed by atoms with E-state index >= 15 is 0 Å². The molecular weight excluding hydrogens is 995 g/mol. The van der Waals surface area contributed by atoms with Crippen LogP contribution in [0.2, 0.25) is 0 Å². The molecule has 322 valence electrons. The largest absolute Gasteiger partial charge is 3.00 e. The van der Waals surface area contributed by atoms with Gasteiger partial charge in [0.25, 0.3) is 0 Å². The molecule has 0 amide bonds. The predicted octanol–water partition coefficient (Wildman–Crippen LogP) is 14.9. The van der Waals surface area contributed by atoms with Gasteiger partial charge < -0.3 is 4.42 Å². The molecule has 5 heteroatoms. The van der Waals surface area contributed by atoms with Crippen LogP contribution in [0, 0.1) is 25.1 Å². The summed E-state index contributed by atoms with van der Waals surface area (Å²) in [5, 5.41) is 1.98. The Morgan fingerprint density at radius 2 is 1.07 bits per heavy atom. The maximum Gasteiger partial charge on any atom is 3.00 e. The van der Waals surface area contributed by atoms with Crippen LogP contribution in [0.5, 0.6) is 0 Å². The van der Waals surface area contributed by atoms with Gasteiger partial charge in [0.05, 0.1) is 22.4 Å². The number of hydrogen-bond donors (Lipinski definition) is 0. The Bertz CT molecular complexity index is 3450. The first-order chi connectivity index (χ1) is 32.4. The van der Waals surface area contributed by atoms with Crippen molar-refractivity contribution in [2.24, 2.45) is 0 Å². The van der Waals surface area contributed by atoms with Crippen molar-refractivity contribution in [1.82, 2.24) is 15.0 Å². The van der Waals surface area contributed by atoms with Gasteiger partial charge in [0.2, 0.25) is 0 Å². The van der Waals surface area contributed by atoms with Crippen molar-refractivity contribution < 1.29 is 24.5 Å². The normalized spacial score (nSPS) is 13.1. The maximum atomic E-state index is 6.89. The van der Waals surface area contributed by atoms with Gasteiger partial charge in [-0.15, -0.1) is 34.4 Å². The van der Waals surface area contributed by atoms with E-state index in [0.717, 1.165) is 89.2 Å². The Kier molecular flexibility index (Phi) is 11.7. The first-order valence-corrected chi connectivity index (χ1v) is 22.3. The molecule has 4 aromatic heterocycles. The van der Waals surface area contributed by atoms with Crippen LogP contribution in [-0.2, 0) is 30.9 Å². The van der Waals surface area contributed by atoms with Gasteiger partial charge in [0.15, 0.2) is 0 Å². The van der Waals surface area contributed by atoms with Crippen LogP contribution in [-0.4, -0.2) is 15.0 Å². The number of rotatable bonds is 10. The van der Waals surface area contributed by atoms with E-state index in [4.69, 9.17) is 19.4 Å². The van der Waals surface area contributed by atoms with E-state index in [-0.39, 0.29) is 20.1 Å². The summed E-state index contributed by atoms with van der Waals surface area (Å²) in [6.07, 6.45) is 3.72.